The molecule has 2 aliphatic rings. The number of amides is 2. The molecule has 7 nitrogen and oxygen atoms in total. The normalized spacial score (nSPS) is 14.9. The van der Waals surface area contributed by atoms with Gasteiger partial charge in [-0.2, -0.15) is 0 Å². The van der Waals surface area contributed by atoms with Crippen molar-refractivity contribution < 1.29 is 23.8 Å². The van der Waals surface area contributed by atoms with Crippen molar-refractivity contribution in [1.82, 2.24) is 0 Å². The Labute approximate surface area is 163 Å². The lowest BCUT2D eigenvalue weighted by Crippen LogP contribution is -2.35. The lowest BCUT2D eigenvalue weighted by atomic mass is 10.1. The maximum atomic E-state index is 12.4. The summed E-state index contributed by atoms with van der Waals surface area (Å²) in [4.78, 5) is 25.7. The number of anilines is 2. The van der Waals surface area contributed by atoms with Gasteiger partial charge in [-0.3, -0.25) is 9.59 Å². The second-order valence-electron chi connectivity index (χ2n) is 6.77. The number of para-hydroxylation sites is 1. The van der Waals surface area contributed by atoms with Gasteiger partial charge < -0.3 is 24.4 Å². The van der Waals surface area contributed by atoms with E-state index < -0.39 is 0 Å². The van der Waals surface area contributed by atoms with Crippen molar-refractivity contribution in [1.29, 1.82) is 0 Å². The van der Waals surface area contributed by atoms with Crippen LogP contribution in [0.3, 0.4) is 0 Å². The summed E-state index contributed by atoms with van der Waals surface area (Å²) < 4.78 is 16.6. The van der Waals surface area contributed by atoms with Crippen LogP contribution in [0.25, 0.3) is 0 Å². The number of nitrogens with one attached hydrogen (secondary N) is 1. The third-order valence-corrected chi connectivity index (χ3v) is 4.82. The van der Waals surface area contributed by atoms with Gasteiger partial charge in [0, 0.05) is 13.5 Å². The molecule has 0 aliphatic carbocycles. The first-order valence-corrected chi connectivity index (χ1v) is 9.32. The van der Waals surface area contributed by atoms with Gasteiger partial charge in [0.1, 0.15) is 13.2 Å². The molecule has 0 bridgehead atoms. The summed E-state index contributed by atoms with van der Waals surface area (Å²) in [7, 11) is 1.70. The van der Waals surface area contributed by atoms with Gasteiger partial charge in [0.05, 0.1) is 11.4 Å². The zero-order valence-electron chi connectivity index (χ0n) is 15.7. The van der Waals surface area contributed by atoms with E-state index in [-0.39, 0.29) is 18.4 Å². The molecule has 2 amide bonds. The molecule has 0 atom stereocenters. The van der Waals surface area contributed by atoms with Crippen LogP contribution in [-0.4, -0.2) is 38.7 Å². The number of aryl methyl sites for hydroxylation is 1. The van der Waals surface area contributed by atoms with E-state index >= 15 is 0 Å². The van der Waals surface area contributed by atoms with Crippen LogP contribution in [0.2, 0.25) is 0 Å². The van der Waals surface area contributed by atoms with E-state index in [1.165, 1.54) is 4.90 Å². The van der Waals surface area contributed by atoms with E-state index in [9.17, 15) is 9.59 Å². The molecule has 2 aromatic rings. The van der Waals surface area contributed by atoms with Crippen molar-refractivity contribution in [3.63, 3.8) is 0 Å². The van der Waals surface area contributed by atoms with Crippen molar-refractivity contribution in [2.24, 2.45) is 0 Å². The fourth-order valence-electron chi connectivity index (χ4n) is 3.31. The zero-order chi connectivity index (χ0) is 19.5. The average molecular weight is 382 g/mol. The molecule has 28 heavy (non-hydrogen) atoms. The molecule has 2 aliphatic heterocycles. The Balaban J connectivity index is 1.34. The second-order valence-corrected chi connectivity index (χ2v) is 6.77. The first-order chi connectivity index (χ1) is 13.6. The minimum Gasteiger partial charge on any atom is -0.486 e. The van der Waals surface area contributed by atoms with Crippen LogP contribution in [-0.2, 0) is 16.0 Å². The first kappa shape index (κ1) is 18.2. The summed E-state index contributed by atoms with van der Waals surface area (Å²) in [5.74, 6) is 1.86. The van der Waals surface area contributed by atoms with E-state index in [4.69, 9.17) is 14.2 Å². The second kappa shape index (κ2) is 7.80. The molecule has 0 radical (unpaired) electrons. The Morgan fingerprint density at radius 3 is 2.79 bits per heavy atom. The summed E-state index contributed by atoms with van der Waals surface area (Å²) >= 11 is 0. The van der Waals surface area contributed by atoms with Crippen LogP contribution < -0.4 is 24.4 Å². The number of nitrogens with zero attached hydrogens (tertiary/aromatic N) is 1. The van der Waals surface area contributed by atoms with Crippen LogP contribution in [0.4, 0.5) is 11.4 Å². The topological polar surface area (TPSA) is 77.1 Å². The van der Waals surface area contributed by atoms with Gasteiger partial charge in [-0.05, 0) is 42.7 Å². The predicted octanol–water partition coefficient (Wildman–Crippen LogP) is 2.77. The van der Waals surface area contributed by atoms with Crippen molar-refractivity contribution in [2.75, 3.05) is 37.1 Å². The molecule has 7 heteroatoms. The van der Waals surface area contributed by atoms with Gasteiger partial charge in [0.25, 0.3) is 5.91 Å². The molecule has 0 spiro atoms. The molecule has 0 saturated carbocycles. The van der Waals surface area contributed by atoms with Gasteiger partial charge in [-0.25, -0.2) is 0 Å². The number of likely N-dealkylation sites (N-methyl/N-ethyl adjacent to an activating group) is 1. The van der Waals surface area contributed by atoms with Crippen molar-refractivity contribution in [3.8, 4) is 17.2 Å². The van der Waals surface area contributed by atoms with Gasteiger partial charge in [-0.15, -0.1) is 0 Å². The fraction of sp³-hybridized carbons (Fsp3) is 0.333. The van der Waals surface area contributed by atoms with E-state index in [2.05, 4.69) is 5.32 Å². The Kier molecular flexibility index (Phi) is 5.06. The standard InChI is InChI=1S/C21H22N2O5/c1-23-16-6-3-5-15(21(16)28-13-20(23)25)22-19(24)7-2-4-14-8-9-17-18(12-14)27-11-10-26-17/h3,5-6,8-9,12H,2,4,7,10-11,13H2,1H3,(H,22,24). The number of fused-ring (bicyclic) bond motifs is 2. The summed E-state index contributed by atoms with van der Waals surface area (Å²) in [6, 6.07) is 11.3. The number of hydrogen-bond acceptors (Lipinski definition) is 5. The number of carbonyl (C=O) groups is 2. The molecule has 0 fully saturated rings. The van der Waals surface area contributed by atoms with E-state index in [1.54, 1.807) is 25.2 Å². The molecule has 0 unspecified atom stereocenters. The van der Waals surface area contributed by atoms with E-state index in [1.807, 2.05) is 18.2 Å². The average Bonchev–Trinajstić information content (AvgIpc) is 2.71. The van der Waals surface area contributed by atoms with Gasteiger partial charge in [0.2, 0.25) is 5.91 Å². The monoisotopic (exact) mass is 382 g/mol. The third kappa shape index (κ3) is 3.74. The summed E-state index contributed by atoms with van der Waals surface area (Å²) in [5, 5.41) is 2.90. The summed E-state index contributed by atoms with van der Waals surface area (Å²) in [6.45, 7) is 1.10. The highest BCUT2D eigenvalue weighted by molar-refractivity contribution is 6.01. The first-order valence-electron chi connectivity index (χ1n) is 9.32. The van der Waals surface area contributed by atoms with Crippen LogP contribution in [0.15, 0.2) is 36.4 Å². The van der Waals surface area contributed by atoms with Crippen LogP contribution in [0.1, 0.15) is 18.4 Å². The number of hydrogen-bond donors (Lipinski definition) is 1. The zero-order valence-corrected chi connectivity index (χ0v) is 15.7. The molecular weight excluding hydrogens is 360 g/mol. The molecule has 146 valence electrons. The number of benzene rings is 2. The molecule has 4 rings (SSSR count). The Bertz CT molecular complexity index is 912. The minimum atomic E-state index is -0.115. The molecule has 0 aromatic heterocycles. The number of ether oxygens (including phenoxy) is 3. The minimum absolute atomic E-state index is 0.0273. The molecule has 2 heterocycles. The molecule has 0 saturated heterocycles. The fourth-order valence-corrected chi connectivity index (χ4v) is 3.31. The summed E-state index contributed by atoms with van der Waals surface area (Å²) in [5.41, 5.74) is 2.35. The highest BCUT2D eigenvalue weighted by Crippen LogP contribution is 2.38. The Morgan fingerprint density at radius 2 is 1.93 bits per heavy atom. The van der Waals surface area contributed by atoms with Crippen LogP contribution in [0, 0.1) is 0 Å². The molecule has 2 aromatic carbocycles. The maximum Gasteiger partial charge on any atom is 0.264 e. The molecular formula is C21H22N2O5. The molecule has 1 N–H and O–H groups in total. The highest BCUT2D eigenvalue weighted by atomic mass is 16.6. The van der Waals surface area contributed by atoms with Crippen LogP contribution in [0.5, 0.6) is 17.2 Å². The number of carbonyl (C=O) groups excluding carboxylic acids is 2. The van der Waals surface area contributed by atoms with E-state index in [0.717, 1.165) is 23.5 Å². The predicted molar refractivity (Wildman–Crippen MR) is 104 cm³/mol. The number of rotatable bonds is 5. The van der Waals surface area contributed by atoms with Gasteiger partial charge in [-0.1, -0.05) is 12.1 Å². The summed E-state index contributed by atoms with van der Waals surface area (Å²) in [6.07, 6.45) is 1.86. The van der Waals surface area contributed by atoms with Gasteiger partial charge in [0.15, 0.2) is 23.9 Å². The highest BCUT2D eigenvalue weighted by Gasteiger charge is 2.24. The van der Waals surface area contributed by atoms with E-state index in [0.29, 0.717) is 43.2 Å². The smallest absolute Gasteiger partial charge is 0.264 e. The van der Waals surface area contributed by atoms with Crippen molar-refractivity contribution in [2.45, 2.75) is 19.3 Å². The Morgan fingerprint density at radius 1 is 1.11 bits per heavy atom. The lowest BCUT2D eigenvalue weighted by Gasteiger charge is -2.27. The third-order valence-electron chi connectivity index (χ3n) is 4.82. The van der Waals surface area contributed by atoms with Crippen molar-refractivity contribution >= 4 is 23.2 Å². The van der Waals surface area contributed by atoms with Crippen LogP contribution >= 0.6 is 0 Å². The lowest BCUT2D eigenvalue weighted by molar-refractivity contribution is -0.121. The largest absolute Gasteiger partial charge is 0.486 e. The SMILES string of the molecule is CN1C(=O)COc2c(NC(=O)CCCc3ccc4c(c3)OCCO4)cccc21. The van der Waals surface area contributed by atoms with Gasteiger partial charge >= 0.3 is 0 Å². The Hall–Kier alpha value is -3.22. The van der Waals surface area contributed by atoms with Crippen molar-refractivity contribution in [3.05, 3.63) is 42.0 Å². The quantitative estimate of drug-likeness (QED) is 0.861. The maximum absolute atomic E-state index is 12.4.